The standard InChI is InChI=1S/C12H17N3OS/c1-14(2)12(16)15(9-8-11(13)17)10-6-4-3-5-7-10/h3-7H,8-9H2,1-2H3,(H2,13,17). The summed E-state index contributed by atoms with van der Waals surface area (Å²) in [6, 6.07) is 9.41. The van der Waals surface area contributed by atoms with E-state index in [9.17, 15) is 4.79 Å². The second-order valence-corrected chi connectivity index (χ2v) is 4.40. The van der Waals surface area contributed by atoms with Crippen molar-refractivity contribution in [3.63, 3.8) is 0 Å². The predicted octanol–water partition coefficient (Wildman–Crippen LogP) is 1.85. The number of rotatable bonds is 4. The summed E-state index contributed by atoms with van der Waals surface area (Å²) in [5.74, 6) is 0. The van der Waals surface area contributed by atoms with Crippen molar-refractivity contribution in [2.75, 3.05) is 25.5 Å². The maximum Gasteiger partial charge on any atom is 0.323 e. The van der Waals surface area contributed by atoms with Gasteiger partial charge in [-0.05, 0) is 12.1 Å². The van der Waals surface area contributed by atoms with Gasteiger partial charge in [-0.3, -0.25) is 4.90 Å². The number of carbonyl (C=O) groups excluding carboxylic acids is 1. The summed E-state index contributed by atoms with van der Waals surface area (Å²) < 4.78 is 0. The molecule has 2 N–H and O–H groups in total. The number of para-hydroxylation sites is 1. The molecule has 0 saturated carbocycles. The molecule has 0 spiro atoms. The Labute approximate surface area is 107 Å². The van der Waals surface area contributed by atoms with Crippen molar-refractivity contribution >= 4 is 28.9 Å². The molecule has 0 atom stereocenters. The minimum absolute atomic E-state index is 0.0764. The van der Waals surface area contributed by atoms with Gasteiger partial charge >= 0.3 is 6.03 Å². The third-order valence-electron chi connectivity index (χ3n) is 2.26. The number of nitrogens with two attached hydrogens (primary N) is 1. The first kappa shape index (κ1) is 13.4. The Morgan fingerprint density at radius 2 is 1.88 bits per heavy atom. The van der Waals surface area contributed by atoms with Crippen LogP contribution in [-0.4, -0.2) is 36.6 Å². The van der Waals surface area contributed by atoms with Crippen LogP contribution in [0.4, 0.5) is 10.5 Å². The smallest absolute Gasteiger partial charge is 0.323 e. The lowest BCUT2D eigenvalue weighted by Crippen LogP contribution is -2.40. The molecule has 92 valence electrons. The molecule has 0 aliphatic heterocycles. The Kier molecular flexibility index (Phi) is 4.90. The topological polar surface area (TPSA) is 49.6 Å². The third kappa shape index (κ3) is 4.03. The van der Waals surface area contributed by atoms with E-state index in [0.29, 0.717) is 18.0 Å². The van der Waals surface area contributed by atoms with Crippen LogP contribution in [0.3, 0.4) is 0 Å². The molecule has 1 aromatic rings. The highest BCUT2D eigenvalue weighted by Gasteiger charge is 2.16. The zero-order chi connectivity index (χ0) is 12.8. The Morgan fingerprint density at radius 3 is 2.35 bits per heavy atom. The average molecular weight is 251 g/mol. The normalized spacial score (nSPS) is 9.76. The van der Waals surface area contributed by atoms with Crippen molar-refractivity contribution in [3.05, 3.63) is 30.3 Å². The fourth-order valence-electron chi connectivity index (χ4n) is 1.41. The van der Waals surface area contributed by atoms with Gasteiger partial charge in [0.2, 0.25) is 0 Å². The monoisotopic (exact) mass is 251 g/mol. The molecule has 1 rings (SSSR count). The maximum absolute atomic E-state index is 12.0. The number of urea groups is 1. The van der Waals surface area contributed by atoms with Gasteiger partial charge in [0.25, 0.3) is 0 Å². The molecule has 0 bridgehead atoms. The van der Waals surface area contributed by atoms with Crippen molar-refractivity contribution in [1.82, 2.24) is 4.90 Å². The first-order valence-corrected chi connectivity index (χ1v) is 5.75. The molecule has 0 radical (unpaired) electrons. The molecule has 4 nitrogen and oxygen atoms in total. The SMILES string of the molecule is CN(C)C(=O)N(CCC(N)=S)c1ccccc1. The van der Waals surface area contributed by atoms with Crippen molar-refractivity contribution in [2.24, 2.45) is 5.73 Å². The first-order chi connectivity index (χ1) is 8.02. The van der Waals surface area contributed by atoms with Gasteiger partial charge in [-0.25, -0.2) is 4.79 Å². The van der Waals surface area contributed by atoms with Crippen LogP contribution < -0.4 is 10.6 Å². The Morgan fingerprint density at radius 1 is 1.29 bits per heavy atom. The summed E-state index contributed by atoms with van der Waals surface area (Å²) in [7, 11) is 3.44. The zero-order valence-corrected chi connectivity index (χ0v) is 10.9. The van der Waals surface area contributed by atoms with Gasteiger partial charge in [-0.15, -0.1) is 0 Å². The highest BCUT2D eigenvalue weighted by Crippen LogP contribution is 2.15. The lowest BCUT2D eigenvalue weighted by molar-refractivity contribution is 0.224. The summed E-state index contributed by atoms with van der Waals surface area (Å²) >= 11 is 4.84. The van der Waals surface area contributed by atoms with Gasteiger partial charge in [0, 0.05) is 32.7 Å². The number of hydrogen-bond acceptors (Lipinski definition) is 2. The molecular formula is C12H17N3OS. The van der Waals surface area contributed by atoms with Gasteiger partial charge in [0.15, 0.2) is 0 Å². The number of nitrogens with zero attached hydrogens (tertiary/aromatic N) is 2. The van der Waals surface area contributed by atoms with Crippen LogP contribution in [0.2, 0.25) is 0 Å². The molecule has 0 fully saturated rings. The van der Waals surface area contributed by atoms with Crippen LogP contribution in [0.25, 0.3) is 0 Å². The number of carbonyl (C=O) groups is 1. The summed E-state index contributed by atoms with van der Waals surface area (Å²) in [6.45, 7) is 0.496. The Hall–Kier alpha value is -1.62. The van der Waals surface area contributed by atoms with E-state index in [4.69, 9.17) is 18.0 Å². The molecule has 0 aromatic heterocycles. The maximum atomic E-state index is 12.0. The highest BCUT2D eigenvalue weighted by molar-refractivity contribution is 7.80. The predicted molar refractivity (Wildman–Crippen MR) is 74.3 cm³/mol. The second-order valence-electron chi connectivity index (χ2n) is 3.88. The fourth-order valence-corrected chi connectivity index (χ4v) is 1.50. The number of benzene rings is 1. The van der Waals surface area contributed by atoms with E-state index in [2.05, 4.69) is 0 Å². The van der Waals surface area contributed by atoms with E-state index >= 15 is 0 Å². The lowest BCUT2D eigenvalue weighted by atomic mass is 10.2. The molecule has 0 saturated heterocycles. The summed E-state index contributed by atoms with van der Waals surface area (Å²) in [5, 5.41) is 0. The molecule has 0 aliphatic carbocycles. The molecule has 17 heavy (non-hydrogen) atoms. The van der Waals surface area contributed by atoms with E-state index in [-0.39, 0.29) is 6.03 Å². The number of amides is 2. The van der Waals surface area contributed by atoms with E-state index in [0.717, 1.165) is 5.69 Å². The number of thiocarbonyl (C=S) groups is 1. The van der Waals surface area contributed by atoms with E-state index in [1.54, 1.807) is 19.0 Å². The Balaban J connectivity index is 2.86. The fraction of sp³-hybridized carbons (Fsp3) is 0.333. The van der Waals surface area contributed by atoms with Crippen LogP contribution in [0.15, 0.2) is 30.3 Å². The molecule has 0 heterocycles. The van der Waals surface area contributed by atoms with Gasteiger partial charge in [0.05, 0.1) is 4.99 Å². The van der Waals surface area contributed by atoms with Crippen LogP contribution in [0.1, 0.15) is 6.42 Å². The molecule has 0 unspecified atom stereocenters. The number of hydrogen-bond donors (Lipinski definition) is 1. The van der Waals surface area contributed by atoms with Gasteiger partial charge in [0.1, 0.15) is 0 Å². The molecule has 2 amide bonds. The van der Waals surface area contributed by atoms with Crippen LogP contribution in [0.5, 0.6) is 0 Å². The first-order valence-electron chi connectivity index (χ1n) is 5.34. The molecule has 0 aliphatic rings. The van der Waals surface area contributed by atoms with Crippen molar-refractivity contribution < 1.29 is 4.79 Å². The minimum atomic E-state index is -0.0764. The second kappa shape index (κ2) is 6.20. The lowest BCUT2D eigenvalue weighted by Gasteiger charge is -2.26. The van der Waals surface area contributed by atoms with Gasteiger partial charge < -0.3 is 10.6 Å². The summed E-state index contributed by atoms with van der Waals surface area (Å²) in [4.78, 5) is 15.6. The molecular weight excluding hydrogens is 234 g/mol. The van der Waals surface area contributed by atoms with Gasteiger partial charge in [-0.2, -0.15) is 0 Å². The quantitative estimate of drug-likeness (QED) is 0.831. The van der Waals surface area contributed by atoms with Crippen molar-refractivity contribution in [2.45, 2.75) is 6.42 Å². The average Bonchev–Trinajstić information content (AvgIpc) is 2.30. The minimum Gasteiger partial charge on any atom is -0.393 e. The van der Waals surface area contributed by atoms with E-state index in [1.165, 1.54) is 4.90 Å². The van der Waals surface area contributed by atoms with Crippen molar-refractivity contribution in [3.8, 4) is 0 Å². The summed E-state index contributed by atoms with van der Waals surface area (Å²) in [5.41, 5.74) is 6.32. The highest BCUT2D eigenvalue weighted by atomic mass is 32.1. The van der Waals surface area contributed by atoms with E-state index < -0.39 is 0 Å². The Bertz CT molecular complexity index is 392. The van der Waals surface area contributed by atoms with Crippen LogP contribution in [0, 0.1) is 0 Å². The summed E-state index contributed by atoms with van der Waals surface area (Å²) in [6.07, 6.45) is 0.518. The van der Waals surface area contributed by atoms with Gasteiger partial charge in [-0.1, -0.05) is 30.4 Å². The van der Waals surface area contributed by atoms with Crippen LogP contribution in [-0.2, 0) is 0 Å². The number of anilines is 1. The molecule has 1 aromatic carbocycles. The molecule has 5 heteroatoms. The van der Waals surface area contributed by atoms with Crippen molar-refractivity contribution in [1.29, 1.82) is 0 Å². The zero-order valence-electron chi connectivity index (χ0n) is 10.1. The van der Waals surface area contributed by atoms with Crippen LogP contribution >= 0.6 is 12.2 Å². The van der Waals surface area contributed by atoms with E-state index in [1.807, 2.05) is 30.3 Å². The third-order valence-corrected chi connectivity index (χ3v) is 2.47. The largest absolute Gasteiger partial charge is 0.393 e.